The number of pyridine rings is 2. The highest BCUT2D eigenvalue weighted by Gasteiger charge is 2.39. The van der Waals surface area contributed by atoms with E-state index >= 15 is 0 Å². The number of ether oxygens (including phenoxy) is 2. The Hall–Kier alpha value is -4.32. The van der Waals surface area contributed by atoms with E-state index in [0.717, 1.165) is 0 Å². The molecule has 1 aliphatic rings. The molecule has 0 bridgehead atoms. The van der Waals surface area contributed by atoms with Crippen LogP contribution in [0.15, 0.2) is 54.2 Å². The van der Waals surface area contributed by atoms with E-state index in [1.807, 2.05) is 0 Å². The van der Waals surface area contributed by atoms with Gasteiger partial charge >= 0.3 is 11.9 Å². The number of esters is 2. The largest absolute Gasteiger partial charge is 0.505 e. The van der Waals surface area contributed by atoms with Crippen LogP contribution in [0.4, 0.5) is 0 Å². The Labute approximate surface area is 225 Å². The quantitative estimate of drug-likeness (QED) is 0.318. The topological polar surface area (TPSA) is 177 Å². The van der Waals surface area contributed by atoms with Crippen molar-refractivity contribution in [2.75, 3.05) is 0 Å². The third kappa shape index (κ3) is 7.17. The Balaban J connectivity index is 2.03. The van der Waals surface area contributed by atoms with Gasteiger partial charge in [0.15, 0.2) is 5.69 Å². The number of nitrogens with one attached hydrogen (secondary N) is 2. The highest BCUT2D eigenvalue weighted by atomic mass is 16.6. The van der Waals surface area contributed by atoms with Crippen molar-refractivity contribution in [3.8, 4) is 5.75 Å². The number of carbonyl (C=O) groups is 4. The number of hydrogen-bond acceptors (Lipinski definition) is 10. The molecule has 12 heteroatoms. The minimum Gasteiger partial charge on any atom is -0.505 e. The molecule has 0 radical (unpaired) electrons. The standard InChI is InChI=1S/C27H32N4O8/c1-5-14(2)23-27(37)38-16(4)20(31-25(35)21-19(32)9-7-11-29-21)24(34)30-18(12-17-8-6-10-28-13-17)22(33)15(3)26(36)39-23/h6-11,13,15-16,18,20,22,32-33H,5,12H2,1-4H3,(H,30,34)(H,31,35)/t15-,16?,18+,20?,22+/m1/s1. The van der Waals surface area contributed by atoms with Gasteiger partial charge < -0.3 is 30.3 Å². The van der Waals surface area contributed by atoms with E-state index in [1.54, 1.807) is 38.4 Å². The zero-order chi connectivity index (χ0) is 28.7. The van der Waals surface area contributed by atoms with Gasteiger partial charge in [0.2, 0.25) is 11.7 Å². The lowest BCUT2D eigenvalue weighted by atomic mass is 9.92. The summed E-state index contributed by atoms with van der Waals surface area (Å²) in [5.41, 5.74) is 0.733. The summed E-state index contributed by atoms with van der Waals surface area (Å²) in [4.78, 5) is 60.3. The molecule has 1 fully saturated rings. The van der Waals surface area contributed by atoms with Crippen LogP contribution < -0.4 is 10.6 Å². The molecule has 2 unspecified atom stereocenters. The van der Waals surface area contributed by atoms with Crippen molar-refractivity contribution in [3.63, 3.8) is 0 Å². The SMILES string of the molecule is CCC(C)=C1OC(=O)[C@H](C)[C@H](O)[C@H](Cc2cccnc2)NC(=O)C(NC(=O)c2ncccc2O)C(C)OC1=O. The van der Waals surface area contributed by atoms with Crippen LogP contribution >= 0.6 is 0 Å². The number of nitrogens with zero attached hydrogens (tertiary/aromatic N) is 2. The van der Waals surface area contributed by atoms with Gasteiger partial charge in [0.25, 0.3) is 5.91 Å². The highest BCUT2D eigenvalue weighted by Crippen LogP contribution is 2.21. The molecular weight excluding hydrogens is 508 g/mol. The summed E-state index contributed by atoms with van der Waals surface area (Å²) in [7, 11) is 0. The van der Waals surface area contributed by atoms with Gasteiger partial charge in [-0.3, -0.25) is 19.4 Å². The van der Waals surface area contributed by atoms with Gasteiger partial charge in [-0.05, 0) is 62.9 Å². The Kier molecular flexibility index (Phi) is 9.72. The molecule has 5 atom stereocenters. The van der Waals surface area contributed by atoms with Crippen molar-refractivity contribution >= 4 is 23.8 Å². The van der Waals surface area contributed by atoms with Crippen molar-refractivity contribution in [1.82, 2.24) is 20.6 Å². The number of aliphatic hydroxyl groups is 1. The second kappa shape index (κ2) is 13.0. The first-order chi connectivity index (χ1) is 18.5. The number of amides is 2. The maximum Gasteiger partial charge on any atom is 0.374 e. The van der Waals surface area contributed by atoms with E-state index in [9.17, 15) is 29.4 Å². The molecule has 0 aromatic carbocycles. The van der Waals surface area contributed by atoms with E-state index in [2.05, 4.69) is 20.6 Å². The van der Waals surface area contributed by atoms with E-state index in [4.69, 9.17) is 9.47 Å². The number of cyclic esters (lactones) is 2. The van der Waals surface area contributed by atoms with Gasteiger partial charge in [-0.2, -0.15) is 0 Å². The Morgan fingerprint density at radius 3 is 2.51 bits per heavy atom. The Bertz CT molecular complexity index is 1250. The van der Waals surface area contributed by atoms with Crippen LogP contribution in [-0.2, 0) is 30.3 Å². The molecule has 1 saturated heterocycles. The Morgan fingerprint density at radius 2 is 1.87 bits per heavy atom. The van der Waals surface area contributed by atoms with Gasteiger partial charge in [-0.1, -0.05) is 13.0 Å². The molecule has 2 aromatic heterocycles. The number of aromatic nitrogens is 2. The lowest BCUT2D eigenvalue weighted by Gasteiger charge is -2.32. The molecule has 0 aliphatic carbocycles. The lowest BCUT2D eigenvalue weighted by molar-refractivity contribution is -0.161. The van der Waals surface area contributed by atoms with Crippen molar-refractivity contribution in [3.05, 3.63) is 65.4 Å². The zero-order valence-electron chi connectivity index (χ0n) is 22.1. The summed E-state index contributed by atoms with van der Waals surface area (Å²) in [6, 6.07) is 3.62. The molecule has 39 heavy (non-hydrogen) atoms. The van der Waals surface area contributed by atoms with Gasteiger partial charge in [0, 0.05) is 18.6 Å². The molecule has 0 spiro atoms. The maximum atomic E-state index is 13.6. The lowest BCUT2D eigenvalue weighted by Crippen LogP contribution is -2.59. The second-order valence-electron chi connectivity index (χ2n) is 9.28. The molecule has 2 amide bonds. The van der Waals surface area contributed by atoms with E-state index in [0.29, 0.717) is 17.6 Å². The average molecular weight is 541 g/mol. The summed E-state index contributed by atoms with van der Waals surface area (Å²) in [5.74, 6) is -5.52. The number of rotatable bonds is 5. The molecule has 12 nitrogen and oxygen atoms in total. The monoisotopic (exact) mass is 540 g/mol. The predicted molar refractivity (Wildman–Crippen MR) is 137 cm³/mol. The summed E-state index contributed by atoms with van der Waals surface area (Å²) < 4.78 is 10.9. The molecule has 3 rings (SSSR count). The molecule has 4 N–H and O–H groups in total. The van der Waals surface area contributed by atoms with Crippen molar-refractivity contribution < 1.29 is 38.9 Å². The van der Waals surface area contributed by atoms with Crippen LogP contribution in [0.1, 0.15) is 50.2 Å². The number of allylic oxidation sites excluding steroid dienone is 1. The van der Waals surface area contributed by atoms with Crippen LogP contribution in [-0.4, -0.2) is 68.2 Å². The first-order valence-corrected chi connectivity index (χ1v) is 12.5. The fourth-order valence-electron chi connectivity index (χ4n) is 3.92. The van der Waals surface area contributed by atoms with Crippen molar-refractivity contribution in [2.45, 2.75) is 64.8 Å². The minimum absolute atomic E-state index is 0.0882. The molecular formula is C27H32N4O8. The predicted octanol–water partition coefficient (Wildman–Crippen LogP) is 1.18. The van der Waals surface area contributed by atoms with Gasteiger partial charge in [-0.15, -0.1) is 0 Å². The van der Waals surface area contributed by atoms with Crippen molar-refractivity contribution in [2.24, 2.45) is 5.92 Å². The first kappa shape index (κ1) is 29.2. The van der Waals surface area contributed by atoms with E-state index in [-0.39, 0.29) is 17.9 Å². The van der Waals surface area contributed by atoms with Crippen LogP contribution in [0.5, 0.6) is 5.75 Å². The first-order valence-electron chi connectivity index (χ1n) is 12.5. The fourth-order valence-corrected chi connectivity index (χ4v) is 3.92. The third-order valence-corrected chi connectivity index (χ3v) is 6.44. The molecule has 0 saturated carbocycles. The maximum absolute atomic E-state index is 13.6. The minimum atomic E-state index is -1.47. The molecule has 208 valence electrons. The summed E-state index contributed by atoms with van der Waals surface area (Å²) in [5, 5.41) is 26.3. The van der Waals surface area contributed by atoms with Gasteiger partial charge in [-0.25, -0.2) is 9.78 Å². The molecule has 3 heterocycles. The van der Waals surface area contributed by atoms with Crippen molar-refractivity contribution in [1.29, 1.82) is 0 Å². The summed E-state index contributed by atoms with van der Waals surface area (Å²) >= 11 is 0. The van der Waals surface area contributed by atoms with E-state index in [1.165, 1.54) is 32.2 Å². The second-order valence-corrected chi connectivity index (χ2v) is 9.28. The third-order valence-electron chi connectivity index (χ3n) is 6.44. The summed E-state index contributed by atoms with van der Waals surface area (Å²) in [6.45, 7) is 6.13. The van der Waals surface area contributed by atoms with E-state index < -0.39 is 59.7 Å². The normalized spacial score (nSPS) is 25.8. The van der Waals surface area contributed by atoms with Gasteiger partial charge in [0.1, 0.15) is 17.9 Å². The zero-order valence-corrected chi connectivity index (χ0v) is 22.1. The average Bonchev–Trinajstić information content (AvgIpc) is 2.92. The molecule has 2 aromatic rings. The number of hydrogen-bond donors (Lipinski definition) is 4. The van der Waals surface area contributed by atoms with Gasteiger partial charge in [0.05, 0.1) is 18.1 Å². The van der Waals surface area contributed by atoms with Crippen LogP contribution in [0.25, 0.3) is 0 Å². The number of carbonyl (C=O) groups excluding carboxylic acids is 4. The smallest absolute Gasteiger partial charge is 0.374 e. The number of aliphatic hydroxyl groups excluding tert-OH is 1. The van der Waals surface area contributed by atoms with Crippen LogP contribution in [0, 0.1) is 5.92 Å². The highest BCUT2D eigenvalue weighted by molar-refractivity contribution is 5.98. The van der Waals surface area contributed by atoms with Crippen LogP contribution in [0.2, 0.25) is 0 Å². The Morgan fingerprint density at radius 1 is 1.15 bits per heavy atom. The number of aromatic hydroxyl groups is 1. The van der Waals surface area contributed by atoms with Crippen LogP contribution in [0.3, 0.4) is 0 Å². The molecule has 1 aliphatic heterocycles. The summed E-state index contributed by atoms with van der Waals surface area (Å²) in [6.07, 6.45) is 2.15. The fraction of sp³-hybridized carbons (Fsp3) is 0.407.